The molecule has 0 radical (unpaired) electrons. The fourth-order valence-electron chi connectivity index (χ4n) is 6.34. The number of hydrogen-bond acceptors (Lipinski definition) is 4. The summed E-state index contributed by atoms with van der Waals surface area (Å²) in [5.41, 5.74) is 11.6. The summed E-state index contributed by atoms with van der Waals surface area (Å²) in [4.78, 5) is 2.52. The highest BCUT2D eigenvalue weighted by Gasteiger charge is 2.45. The fourth-order valence-corrected chi connectivity index (χ4v) is 6.34. The lowest BCUT2D eigenvalue weighted by atomic mass is 9.78. The van der Waals surface area contributed by atoms with E-state index < -0.39 is 0 Å². The van der Waals surface area contributed by atoms with E-state index in [2.05, 4.69) is 89.8 Å². The smallest absolute Gasteiger partial charge is 0.231 e. The Morgan fingerprint density at radius 1 is 0.857 bits per heavy atom. The van der Waals surface area contributed by atoms with Crippen LogP contribution in [0.15, 0.2) is 36.4 Å². The van der Waals surface area contributed by atoms with Crippen LogP contribution in [0.2, 0.25) is 0 Å². The van der Waals surface area contributed by atoms with E-state index in [4.69, 9.17) is 14.2 Å². The van der Waals surface area contributed by atoms with E-state index in [1.807, 2.05) is 0 Å². The predicted octanol–water partition coefficient (Wildman–Crippen LogP) is 7.29. The van der Waals surface area contributed by atoms with E-state index in [1.165, 1.54) is 50.2 Å². The second-order valence-corrected chi connectivity index (χ2v) is 11.3. The molecular weight excluding hydrogens is 434 g/mol. The van der Waals surface area contributed by atoms with E-state index >= 15 is 0 Å². The van der Waals surface area contributed by atoms with Crippen molar-refractivity contribution in [2.75, 3.05) is 11.7 Å². The lowest BCUT2D eigenvalue weighted by molar-refractivity contribution is 0.121. The Morgan fingerprint density at radius 3 is 2.03 bits per heavy atom. The Balaban J connectivity index is 1.45. The minimum Gasteiger partial charge on any atom is -0.486 e. The maximum atomic E-state index is 6.71. The molecule has 0 saturated carbocycles. The zero-order chi connectivity index (χ0) is 24.6. The van der Waals surface area contributed by atoms with Gasteiger partial charge >= 0.3 is 0 Å². The molecule has 0 aromatic heterocycles. The molecule has 0 amide bonds. The van der Waals surface area contributed by atoms with E-state index in [1.54, 1.807) is 0 Å². The number of anilines is 1. The van der Waals surface area contributed by atoms with Gasteiger partial charge in [0.15, 0.2) is 11.5 Å². The first-order valence-electron chi connectivity index (χ1n) is 12.7. The van der Waals surface area contributed by atoms with Crippen molar-refractivity contribution < 1.29 is 14.2 Å². The predicted molar refractivity (Wildman–Crippen MR) is 140 cm³/mol. The molecule has 3 aliphatic rings. The standard InChI is InChI=1S/C31H35NO3/c1-17(2)21-8-10-22(11-9-21)28-27-20(5)29(18(3)19(4)30(27)35-31(28,6)7)32-14-23-12-25-26(34-16-33-25)13-24(23)15-32/h8-13,17,28H,14-16H2,1-7H3/t28-/m0/s1. The summed E-state index contributed by atoms with van der Waals surface area (Å²) < 4.78 is 18.0. The molecule has 0 bridgehead atoms. The summed E-state index contributed by atoms with van der Waals surface area (Å²) in [6.45, 7) is 17.8. The van der Waals surface area contributed by atoms with Gasteiger partial charge in [-0.05, 0) is 91.6 Å². The van der Waals surface area contributed by atoms with E-state index in [9.17, 15) is 0 Å². The van der Waals surface area contributed by atoms with Crippen LogP contribution in [-0.4, -0.2) is 12.4 Å². The zero-order valence-electron chi connectivity index (χ0n) is 21.9. The molecule has 1 atom stereocenters. The molecule has 3 aromatic rings. The van der Waals surface area contributed by atoms with Crippen LogP contribution in [0.25, 0.3) is 0 Å². The summed E-state index contributed by atoms with van der Waals surface area (Å²) in [5, 5.41) is 0. The minimum absolute atomic E-state index is 0.187. The summed E-state index contributed by atoms with van der Waals surface area (Å²) in [6.07, 6.45) is 0. The van der Waals surface area contributed by atoms with Crippen molar-refractivity contribution >= 4 is 5.69 Å². The van der Waals surface area contributed by atoms with Gasteiger partial charge in [-0.25, -0.2) is 0 Å². The molecule has 0 fully saturated rings. The second kappa shape index (κ2) is 7.68. The second-order valence-electron chi connectivity index (χ2n) is 11.3. The average Bonchev–Trinajstić information content (AvgIpc) is 3.50. The lowest BCUT2D eigenvalue weighted by Gasteiger charge is -2.29. The maximum absolute atomic E-state index is 6.71. The van der Waals surface area contributed by atoms with Gasteiger partial charge in [0.2, 0.25) is 6.79 Å². The molecule has 3 heterocycles. The molecule has 35 heavy (non-hydrogen) atoms. The van der Waals surface area contributed by atoms with Gasteiger partial charge in [-0.1, -0.05) is 38.1 Å². The van der Waals surface area contributed by atoms with Gasteiger partial charge in [0.1, 0.15) is 11.4 Å². The van der Waals surface area contributed by atoms with E-state index in [-0.39, 0.29) is 11.5 Å². The van der Waals surface area contributed by atoms with Crippen LogP contribution in [0, 0.1) is 20.8 Å². The van der Waals surface area contributed by atoms with Crippen molar-refractivity contribution in [3.63, 3.8) is 0 Å². The molecule has 0 N–H and O–H groups in total. The summed E-state index contributed by atoms with van der Waals surface area (Å²) in [7, 11) is 0. The summed E-state index contributed by atoms with van der Waals surface area (Å²) >= 11 is 0. The van der Waals surface area contributed by atoms with Gasteiger partial charge in [0, 0.05) is 24.3 Å². The number of fused-ring (bicyclic) bond motifs is 3. The van der Waals surface area contributed by atoms with Crippen LogP contribution in [0.5, 0.6) is 17.2 Å². The van der Waals surface area contributed by atoms with Crippen LogP contribution in [0.3, 0.4) is 0 Å². The number of benzene rings is 3. The molecule has 0 unspecified atom stereocenters. The quantitative estimate of drug-likeness (QED) is 0.403. The van der Waals surface area contributed by atoms with Crippen LogP contribution in [0.1, 0.15) is 84.0 Å². The van der Waals surface area contributed by atoms with Gasteiger partial charge in [-0.2, -0.15) is 0 Å². The molecule has 6 rings (SSSR count). The number of ether oxygens (including phenoxy) is 3. The Bertz CT molecular complexity index is 1300. The van der Waals surface area contributed by atoms with Crippen molar-refractivity contribution in [2.24, 2.45) is 0 Å². The number of hydrogen-bond donors (Lipinski definition) is 0. The average molecular weight is 470 g/mol. The third kappa shape index (κ3) is 3.33. The van der Waals surface area contributed by atoms with Crippen LogP contribution in [-0.2, 0) is 13.1 Å². The summed E-state index contributed by atoms with van der Waals surface area (Å²) in [6, 6.07) is 13.5. The van der Waals surface area contributed by atoms with E-state index in [0.29, 0.717) is 12.7 Å². The molecule has 182 valence electrons. The molecular formula is C31H35NO3. The number of nitrogens with zero attached hydrogens (tertiary/aromatic N) is 1. The molecule has 4 heteroatoms. The van der Waals surface area contributed by atoms with Gasteiger partial charge < -0.3 is 19.1 Å². The molecule has 0 saturated heterocycles. The maximum Gasteiger partial charge on any atom is 0.231 e. The molecule has 3 aromatic carbocycles. The van der Waals surface area contributed by atoms with Crippen molar-refractivity contribution in [2.45, 2.75) is 79.0 Å². The van der Waals surface area contributed by atoms with Crippen molar-refractivity contribution in [1.82, 2.24) is 0 Å². The first-order valence-corrected chi connectivity index (χ1v) is 12.7. The Labute approximate surface area is 208 Å². The Hall–Kier alpha value is -3.14. The monoisotopic (exact) mass is 469 g/mol. The highest BCUT2D eigenvalue weighted by molar-refractivity contribution is 5.73. The summed E-state index contributed by atoms with van der Waals surface area (Å²) in [5.74, 6) is 3.52. The van der Waals surface area contributed by atoms with Crippen molar-refractivity contribution in [1.29, 1.82) is 0 Å². The van der Waals surface area contributed by atoms with Gasteiger partial charge in [-0.3, -0.25) is 0 Å². The number of rotatable bonds is 3. The van der Waals surface area contributed by atoms with Crippen molar-refractivity contribution in [3.8, 4) is 17.2 Å². The minimum atomic E-state index is -0.314. The highest BCUT2D eigenvalue weighted by atomic mass is 16.7. The highest BCUT2D eigenvalue weighted by Crippen LogP contribution is 2.55. The third-order valence-electron chi connectivity index (χ3n) is 8.28. The normalized spacial score (nSPS) is 19.2. The molecule has 3 aliphatic heterocycles. The van der Waals surface area contributed by atoms with Crippen LogP contribution in [0.4, 0.5) is 5.69 Å². The van der Waals surface area contributed by atoms with Gasteiger partial charge in [0.05, 0.1) is 5.92 Å². The zero-order valence-corrected chi connectivity index (χ0v) is 21.9. The molecule has 0 aliphatic carbocycles. The van der Waals surface area contributed by atoms with Crippen LogP contribution < -0.4 is 19.1 Å². The molecule has 0 spiro atoms. The Morgan fingerprint density at radius 2 is 1.46 bits per heavy atom. The topological polar surface area (TPSA) is 30.9 Å². The Kier molecular flexibility index (Phi) is 4.90. The van der Waals surface area contributed by atoms with Crippen molar-refractivity contribution in [3.05, 3.63) is 80.9 Å². The molecule has 4 nitrogen and oxygen atoms in total. The van der Waals surface area contributed by atoms with Gasteiger partial charge in [0.25, 0.3) is 0 Å². The SMILES string of the molecule is Cc1c(C)c(N2Cc3cc4c(cc3C2)OCO4)c(C)c2c1OC(C)(C)[C@H]2c1ccc(C(C)C)cc1. The van der Waals surface area contributed by atoms with Crippen LogP contribution >= 0.6 is 0 Å². The first-order chi connectivity index (χ1) is 16.7. The van der Waals surface area contributed by atoms with Gasteiger partial charge in [-0.15, -0.1) is 0 Å². The largest absolute Gasteiger partial charge is 0.486 e. The first kappa shape index (κ1) is 22.3. The lowest BCUT2D eigenvalue weighted by Crippen LogP contribution is -2.31. The third-order valence-corrected chi connectivity index (χ3v) is 8.28. The van der Waals surface area contributed by atoms with E-state index in [0.717, 1.165) is 30.3 Å². The fraction of sp³-hybridized carbons (Fsp3) is 0.419.